The summed E-state index contributed by atoms with van der Waals surface area (Å²) in [5.74, 6) is 0.329. The van der Waals surface area contributed by atoms with Crippen LogP contribution in [0.2, 0.25) is 0 Å². The second kappa shape index (κ2) is 11.8. The Bertz CT molecular complexity index is 1700. The van der Waals surface area contributed by atoms with E-state index >= 15 is 0 Å². The number of nitrogens with one attached hydrogen (secondary N) is 1. The number of carbonyl (C=O) groups is 2. The summed E-state index contributed by atoms with van der Waals surface area (Å²) in [6, 6.07) is 21.2. The number of hydrogen-bond acceptors (Lipinski definition) is 6. The van der Waals surface area contributed by atoms with Crippen molar-refractivity contribution in [1.82, 2.24) is 0 Å². The molecule has 43 heavy (non-hydrogen) atoms. The third-order valence-electron chi connectivity index (χ3n) is 7.59. The second-order valence-corrected chi connectivity index (χ2v) is 11.3. The molecule has 0 fully saturated rings. The van der Waals surface area contributed by atoms with Crippen LogP contribution in [0.5, 0.6) is 17.2 Å². The molecule has 5 rings (SSSR count). The quantitative estimate of drug-likeness (QED) is 0.178. The average Bonchev–Trinajstić information content (AvgIpc) is 2.97. The van der Waals surface area contributed by atoms with Crippen molar-refractivity contribution < 1.29 is 28.2 Å². The maximum absolute atomic E-state index is 14.1. The molecule has 4 aromatic rings. The van der Waals surface area contributed by atoms with Gasteiger partial charge in [0.05, 0.1) is 24.9 Å². The first-order valence-electron chi connectivity index (χ1n) is 14.0. The Balaban J connectivity index is 1.52. The van der Waals surface area contributed by atoms with E-state index in [1.54, 1.807) is 37.3 Å². The number of hydrogen-bond donors (Lipinski definition) is 1. The van der Waals surface area contributed by atoms with Crippen molar-refractivity contribution in [3.05, 3.63) is 101 Å². The number of benzene rings is 4. The largest absolute Gasteiger partial charge is 0.496 e. The lowest BCUT2D eigenvalue weighted by molar-refractivity contribution is -0.133. The molecule has 1 amide bonds. The fourth-order valence-corrected chi connectivity index (χ4v) is 5.31. The van der Waals surface area contributed by atoms with Gasteiger partial charge >= 0.3 is 5.97 Å². The molecule has 7 nitrogen and oxygen atoms in total. The van der Waals surface area contributed by atoms with Gasteiger partial charge < -0.3 is 24.4 Å². The van der Waals surface area contributed by atoms with Crippen molar-refractivity contribution in [2.75, 3.05) is 24.4 Å². The van der Waals surface area contributed by atoms with Crippen LogP contribution in [0.3, 0.4) is 0 Å². The first-order chi connectivity index (χ1) is 20.5. The van der Waals surface area contributed by atoms with E-state index in [1.165, 1.54) is 12.1 Å². The third kappa shape index (κ3) is 6.18. The Kier molecular flexibility index (Phi) is 8.13. The topological polar surface area (TPSA) is 77.1 Å². The Hall–Kier alpha value is -4.85. The predicted molar refractivity (Wildman–Crippen MR) is 166 cm³/mol. The standard InChI is InChI=1S/C35H35FN2O5/c1-21-7-10-23(11-8-21)17-32(39)43-25-13-14-27(31(19-25)41-6)26-15-16-29-33(38(5)34(40)35(3,4)37-29)28(26)20-42-30-18-24(36)12-9-22(30)2/h7-16,18-19,37H,17,20H2,1-6H3. The second-order valence-electron chi connectivity index (χ2n) is 11.3. The van der Waals surface area contributed by atoms with E-state index in [4.69, 9.17) is 14.2 Å². The first kappa shape index (κ1) is 29.6. The lowest BCUT2D eigenvalue weighted by Crippen LogP contribution is -2.52. The first-order valence-corrected chi connectivity index (χ1v) is 14.0. The number of methoxy groups -OCH3 is 1. The number of rotatable bonds is 8. The van der Waals surface area contributed by atoms with E-state index in [-0.39, 0.29) is 24.9 Å². The molecule has 0 bridgehead atoms. The zero-order chi connectivity index (χ0) is 30.9. The smallest absolute Gasteiger partial charge is 0.315 e. The van der Waals surface area contributed by atoms with Gasteiger partial charge in [-0.15, -0.1) is 0 Å². The summed E-state index contributed by atoms with van der Waals surface area (Å²) in [6.07, 6.45) is 0.139. The number of fused-ring (bicyclic) bond motifs is 1. The van der Waals surface area contributed by atoms with E-state index in [2.05, 4.69) is 5.32 Å². The van der Waals surface area contributed by atoms with Gasteiger partial charge in [-0.05, 0) is 68.7 Å². The summed E-state index contributed by atoms with van der Waals surface area (Å²) in [6.45, 7) is 7.55. The van der Waals surface area contributed by atoms with Crippen LogP contribution in [-0.2, 0) is 22.6 Å². The highest BCUT2D eigenvalue weighted by Crippen LogP contribution is 2.45. The molecule has 0 saturated heterocycles. The summed E-state index contributed by atoms with van der Waals surface area (Å²) in [7, 11) is 3.28. The number of halogens is 1. The normalized spacial score (nSPS) is 13.7. The van der Waals surface area contributed by atoms with E-state index in [9.17, 15) is 14.0 Å². The minimum absolute atomic E-state index is 0.0545. The van der Waals surface area contributed by atoms with Crippen LogP contribution in [0.1, 0.15) is 36.1 Å². The summed E-state index contributed by atoms with van der Waals surface area (Å²) in [4.78, 5) is 27.6. The highest BCUT2D eigenvalue weighted by atomic mass is 19.1. The molecule has 1 N–H and O–H groups in total. The highest BCUT2D eigenvalue weighted by molar-refractivity contribution is 6.08. The van der Waals surface area contributed by atoms with E-state index < -0.39 is 11.4 Å². The van der Waals surface area contributed by atoms with Crippen molar-refractivity contribution in [3.63, 3.8) is 0 Å². The number of carbonyl (C=O) groups excluding carboxylic acids is 2. The van der Waals surface area contributed by atoms with Gasteiger partial charge in [0.25, 0.3) is 5.91 Å². The van der Waals surface area contributed by atoms with E-state index in [0.717, 1.165) is 27.9 Å². The van der Waals surface area contributed by atoms with Gasteiger partial charge in [0, 0.05) is 30.3 Å². The van der Waals surface area contributed by atoms with Crippen LogP contribution >= 0.6 is 0 Å². The molecular formula is C35H35FN2O5. The molecule has 1 aliphatic rings. The van der Waals surface area contributed by atoms with Crippen molar-refractivity contribution in [1.29, 1.82) is 0 Å². The Morgan fingerprint density at radius 3 is 2.37 bits per heavy atom. The number of ether oxygens (including phenoxy) is 3. The zero-order valence-corrected chi connectivity index (χ0v) is 25.2. The molecule has 8 heteroatoms. The average molecular weight is 583 g/mol. The minimum Gasteiger partial charge on any atom is -0.496 e. The van der Waals surface area contributed by atoms with Crippen LogP contribution < -0.4 is 24.4 Å². The van der Waals surface area contributed by atoms with E-state index in [1.807, 2.05) is 70.2 Å². The summed E-state index contributed by atoms with van der Waals surface area (Å²) in [5.41, 5.74) is 5.56. The summed E-state index contributed by atoms with van der Waals surface area (Å²) >= 11 is 0. The predicted octanol–water partition coefficient (Wildman–Crippen LogP) is 7.01. The summed E-state index contributed by atoms with van der Waals surface area (Å²) < 4.78 is 31.6. The fraction of sp³-hybridized carbons (Fsp3) is 0.257. The van der Waals surface area contributed by atoms with Crippen molar-refractivity contribution in [2.24, 2.45) is 0 Å². The maximum Gasteiger partial charge on any atom is 0.315 e. The number of esters is 1. The number of likely N-dealkylation sites (N-methyl/N-ethyl adjacent to an activating group) is 1. The lowest BCUT2D eigenvalue weighted by Gasteiger charge is -2.39. The monoisotopic (exact) mass is 582 g/mol. The minimum atomic E-state index is -0.803. The molecule has 1 heterocycles. The van der Waals surface area contributed by atoms with Gasteiger partial charge in [-0.2, -0.15) is 0 Å². The van der Waals surface area contributed by atoms with Crippen molar-refractivity contribution in [3.8, 4) is 28.4 Å². The van der Waals surface area contributed by atoms with Gasteiger partial charge in [-0.3, -0.25) is 9.59 Å². The lowest BCUT2D eigenvalue weighted by atomic mass is 9.91. The summed E-state index contributed by atoms with van der Waals surface area (Å²) in [5, 5.41) is 3.34. The molecular weight excluding hydrogens is 547 g/mol. The molecule has 0 aliphatic carbocycles. The Morgan fingerprint density at radius 2 is 1.65 bits per heavy atom. The highest BCUT2D eigenvalue weighted by Gasteiger charge is 2.38. The van der Waals surface area contributed by atoms with Gasteiger partial charge in [0.1, 0.15) is 35.2 Å². The van der Waals surface area contributed by atoms with Gasteiger partial charge in [0.15, 0.2) is 0 Å². The van der Waals surface area contributed by atoms with Crippen LogP contribution in [0.25, 0.3) is 11.1 Å². The molecule has 0 unspecified atom stereocenters. The zero-order valence-electron chi connectivity index (χ0n) is 25.2. The molecule has 0 radical (unpaired) electrons. The number of nitrogens with zero attached hydrogens (tertiary/aromatic N) is 1. The maximum atomic E-state index is 14.1. The number of anilines is 2. The van der Waals surface area contributed by atoms with Crippen LogP contribution in [0, 0.1) is 19.7 Å². The number of amides is 1. The molecule has 1 aliphatic heterocycles. The fourth-order valence-electron chi connectivity index (χ4n) is 5.31. The molecule has 0 aromatic heterocycles. The Morgan fingerprint density at radius 1 is 0.930 bits per heavy atom. The molecule has 0 saturated carbocycles. The number of aryl methyl sites for hydroxylation is 2. The molecule has 4 aromatic carbocycles. The van der Waals surface area contributed by atoms with Crippen LogP contribution in [0.15, 0.2) is 72.8 Å². The molecule has 222 valence electrons. The van der Waals surface area contributed by atoms with Gasteiger partial charge in [-0.1, -0.05) is 42.0 Å². The van der Waals surface area contributed by atoms with Gasteiger partial charge in [0.2, 0.25) is 0 Å². The molecule has 0 spiro atoms. The SMILES string of the molecule is COc1cc(OC(=O)Cc2ccc(C)cc2)ccc1-c1ccc2c(c1COc1cc(F)ccc1C)N(C)C(=O)C(C)(C)N2. The molecule has 0 atom stereocenters. The van der Waals surface area contributed by atoms with Gasteiger partial charge in [-0.25, -0.2) is 4.39 Å². The van der Waals surface area contributed by atoms with E-state index in [0.29, 0.717) is 34.1 Å². The van der Waals surface area contributed by atoms with Crippen molar-refractivity contribution in [2.45, 2.75) is 46.3 Å². The van der Waals surface area contributed by atoms with Crippen molar-refractivity contribution >= 4 is 23.3 Å². The van der Waals surface area contributed by atoms with Crippen LogP contribution in [-0.4, -0.2) is 31.6 Å². The van der Waals surface area contributed by atoms with Crippen LogP contribution in [0.4, 0.5) is 15.8 Å². The third-order valence-corrected chi connectivity index (χ3v) is 7.59. The Labute approximate surface area is 251 Å².